The van der Waals surface area contributed by atoms with E-state index in [-0.39, 0.29) is 11.5 Å². The number of allylic oxidation sites excluding steroid dienone is 1. The number of aliphatic hydroxyl groups is 1. The van der Waals surface area contributed by atoms with Gasteiger partial charge in [0.05, 0.1) is 11.6 Å². The third-order valence-electron chi connectivity index (χ3n) is 5.02. The first kappa shape index (κ1) is 20.4. The van der Waals surface area contributed by atoms with Crippen LogP contribution >= 0.6 is 0 Å². The lowest BCUT2D eigenvalue weighted by molar-refractivity contribution is 0.207. The molecule has 3 heteroatoms. The summed E-state index contributed by atoms with van der Waals surface area (Å²) in [7, 11) is 2.04. The summed E-state index contributed by atoms with van der Waals surface area (Å²) in [5.74, 6) is 0. The Morgan fingerprint density at radius 2 is 1.88 bits per heavy atom. The van der Waals surface area contributed by atoms with Gasteiger partial charge in [0.25, 0.3) is 0 Å². The third kappa shape index (κ3) is 6.14. The molecule has 0 aliphatic carbocycles. The van der Waals surface area contributed by atoms with Crippen LogP contribution in [0.5, 0.6) is 0 Å². The molecule has 1 aromatic heterocycles. The summed E-state index contributed by atoms with van der Waals surface area (Å²) in [5.41, 5.74) is 2.23. The van der Waals surface area contributed by atoms with Gasteiger partial charge in [-0.3, -0.25) is 4.79 Å². The van der Waals surface area contributed by atoms with Gasteiger partial charge in [-0.05, 0) is 37.8 Å². The van der Waals surface area contributed by atoms with E-state index in [4.69, 9.17) is 0 Å². The smallest absolute Gasteiger partial charge is 0.189 e. The summed E-state index contributed by atoms with van der Waals surface area (Å²) in [6.45, 7) is 2.18. The van der Waals surface area contributed by atoms with Gasteiger partial charge in [-0.15, -0.1) is 0 Å². The molecule has 0 radical (unpaired) electrons. The molecule has 2 rings (SSSR count). The van der Waals surface area contributed by atoms with Crippen molar-refractivity contribution in [2.75, 3.05) is 0 Å². The molecule has 0 fully saturated rings. The molecule has 0 aliphatic rings. The van der Waals surface area contributed by atoms with Crippen molar-refractivity contribution in [1.29, 1.82) is 0 Å². The second-order valence-corrected chi connectivity index (χ2v) is 7.17. The highest BCUT2D eigenvalue weighted by Crippen LogP contribution is 2.14. The molecule has 1 N–H and O–H groups in total. The molecule has 0 aliphatic heterocycles. The van der Waals surface area contributed by atoms with Crippen LogP contribution in [0, 0.1) is 0 Å². The predicted molar refractivity (Wildman–Crippen MR) is 111 cm³/mol. The van der Waals surface area contributed by atoms with Crippen molar-refractivity contribution in [3.63, 3.8) is 0 Å². The fraction of sp³-hybridized carbons (Fsp3) is 0.522. The number of hydrogen-bond acceptors (Lipinski definition) is 2. The minimum Gasteiger partial charge on any atom is -0.389 e. The Balaban J connectivity index is 1.72. The number of aromatic nitrogens is 1. The Labute approximate surface area is 157 Å². The third-order valence-corrected chi connectivity index (χ3v) is 5.02. The fourth-order valence-electron chi connectivity index (χ4n) is 3.38. The standard InChI is InChI=1S/C23H33NO2/c1-3-4-5-9-14-20(25)15-10-7-6-8-13-19-18-23(26)21-16-11-12-17-22(21)24(19)2/h9,11-12,14,16-18,20,25H,3-8,10,13,15H2,1-2H3. The molecule has 1 atom stereocenters. The van der Waals surface area contributed by atoms with Crippen molar-refractivity contribution >= 4 is 10.9 Å². The van der Waals surface area contributed by atoms with Gasteiger partial charge in [-0.2, -0.15) is 0 Å². The van der Waals surface area contributed by atoms with Gasteiger partial charge in [-0.1, -0.05) is 63.3 Å². The zero-order valence-electron chi connectivity index (χ0n) is 16.3. The van der Waals surface area contributed by atoms with E-state index in [2.05, 4.69) is 17.6 Å². The van der Waals surface area contributed by atoms with Crippen LogP contribution in [0.3, 0.4) is 0 Å². The van der Waals surface area contributed by atoms with Crippen LogP contribution < -0.4 is 5.43 Å². The normalized spacial score (nSPS) is 12.9. The first-order chi connectivity index (χ1) is 12.6. The molecule has 0 saturated heterocycles. The van der Waals surface area contributed by atoms with Crippen molar-refractivity contribution in [3.8, 4) is 0 Å². The first-order valence-corrected chi connectivity index (χ1v) is 10.1. The molecule has 1 aromatic carbocycles. The van der Waals surface area contributed by atoms with E-state index >= 15 is 0 Å². The van der Waals surface area contributed by atoms with Crippen LogP contribution in [0.4, 0.5) is 0 Å². The van der Waals surface area contributed by atoms with Crippen molar-refractivity contribution < 1.29 is 5.11 Å². The molecular weight excluding hydrogens is 322 g/mol. The number of unbranched alkanes of at least 4 members (excludes halogenated alkanes) is 5. The summed E-state index contributed by atoms with van der Waals surface area (Å²) < 4.78 is 2.14. The summed E-state index contributed by atoms with van der Waals surface area (Å²) >= 11 is 0. The van der Waals surface area contributed by atoms with Gasteiger partial charge in [0, 0.05) is 24.2 Å². The van der Waals surface area contributed by atoms with E-state index < -0.39 is 0 Å². The average molecular weight is 356 g/mol. The predicted octanol–water partition coefficient (Wildman–Crippen LogP) is 5.14. The van der Waals surface area contributed by atoms with Gasteiger partial charge >= 0.3 is 0 Å². The van der Waals surface area contributed by atoms with Crippen LogP contribution in [-0.4, -0.2) is 15.8 Å². The van der Waals surface area contributed by atoms with E-state index in [9.17, 15) is 9.90 Å². The van der Waals surface area contributed by atoms with Gasteiger partial charge in [0.2, 0.25) is 0 Å². The first-order valence-electron chi connectivity index (χ1n) is 10.1. The fourth-order valence-corrected chi connectivity index (χ4v) is 3.38. The average Bonchev–Trinajstić information content (AvgIpc) is 2.65. The van der Waals surface area contributed by atoms with Crippen molar-refractivity contribution in [3.05, 3.63) is 58.4 Å². The second-order valence-electron chi connectivity index (χ2n) is 7.17. The molecule has 0 saturated carbocycles. The van der Waals surface area contributed by atoms with E-state index in [1.54, 1.807) is 6.07 Å². The van der Waals surface area contributed by atoms with Gasteiger partial charge in [0.15, 0.2) is 5.43 Å². The van der Waals surface area contributed by atoms with Crippen LogP contribution in [-0.2, 0) is 13.5 Å². The lowest BCUT2D eigenvalue weighted by Gasteiger charge is -2.12. The molecule has 1 unspecified atom stereocenters. The minimum atomic E-state index is -0.298. The van der Waals surface area contributed by atoms with Crippen molar-refractivity contribution in [2.45, 2.75) is 70.8 Å². The minimum absolute atomic E-state index is 0.117. The topological polar surface area (TPSA) is 42.2 Å². The van der Waals surface area contributed by atoms with E-state index in [1.165, 1.54) is 12.8 Å². The number of rotatable bonds is 11. The Bertz CT molecular complexity index is 760. The van der Waals surface area contributed by atoms with Gasteiger partial charge < -0.3 is 9.67 Å². The monoisotopic (exact) mass is 355 g/mol. The van der Waals surface area contributed by atoms with Gasteiger partial charge in [0.1, 0.15) is 0 Å². The highest BCUT2D eigenvalue weighted by molar-refractivity contribution is 5.79. The number of nitrogens with zero attached hydrogens (tertiary/aromatic N) is 1. The number of hydrogen-bond donors (Lipinski definition) is 1. The maximum absolute atomic E-state index is 12.2. The molecule has 0 spiro atoms. The van der Waals surface area contributed by atoms with Crippen LogP contribution in [0.25, 0.3) is 10.9 Å². The van der Waals surface area contributed by atoms with E-state index in [0.29, 0.717) is 0 Å². The highest BCUT2D eigenvalue weighted by atomic mass is 16.3. The lowest BCUT2D eigenvalue weighted by atomic mass is 10.1. The quantitative estimate of drug-likeness (QED) is 0.448. The Morgan fingerprint density at radius 1 is 1.12 bits per heavy atom. The molecular formula is C23H33NO2. The number of benzene rings is 1. The maximum Gasteiger partial charge on any atom is 0.189 e. The summed E-state index contributed by atoms with van der Waals surface area (Å²) in [6, 6.07) is 9.58. The zero-order chi connectivity index (χ0) is 18.8. The number of aryl methyl sites for hydroxylation is 2. The number of fused-ring (bicyclic) bond motifs is 1. The van der Waals surface area contributed by atoms with Gasteiger partial charge in [-0.25, -0.2) is 0 Å². The molecule has 2 aromatic rings. The van der Waals surface area contributed by atoms with E-state index in [1.807, 2.05) is 37.4 Å². The van der Waals surface area contributed by atoms with Crippen LogP contribution in [0.1, 0.15) is 64.0 Å². The Morgan fingerprint density at radius 3 is 2.69 bits per heavy atom. The molecule has 0 amide bonds. The summed E-state index contributed by atoms with van der Waals surface area (Å²) in [4.78, 5) is 12.2. The van der Waals surface area contributed by atoms with Crippen molar-refractivity contribution in [1.82, 2.24) is 4.57 Å². The van der Waals surface area contributed by atoms with Crippen molar-refractivity contribution in [2.24, 2.45) is 7.05 Å². The Kier molecular flexibility index (Phi) is 8.63. The van der Waals surface area contributed by atoms with E-state index in [0.717, 1.165) is 61.5 Å². The summed E-state index contributed by atoms with van der Waals surface area (Å²) in [5, 5.41) is 10.7. The molecule has 26 heavy (non-hydrogen) atoms. The second kappa shape index (κ2) is 11.0. The molecule has 0 bridgehead atoms. The SMILES string of the molecule is CCCCC=CC(O)CCCCCCc1cc(=O)c2ccccc2n1C. The van der Waals surface area contributed by atoms with Crippen LogP contribution in [0.15, 0.2) is 47.3 Å². The number of pyridine rings is 1. The molecule has 142 valence electrons. The Hall–Kier alpha value is -1.87. The van der Waals surface area contributed by atoms with Crippen LogP contribution in [0.2, 0.25) is 0 Å². The lowest BCUT2D eigenvalue weighted by Crippen LogP contribution is -2.11. The maximum atomic E-state index is 12.2. The molecule has 1 heterocycles. The number of aliphatic hydroxyl groups excluding tert-OH is 1. The largest absolute Gasteiger partial charge is 0.389 e. The zero-order valence-corrected chi connectivity index (χ0v) is 16.3. The summed E-state index contributed by atoms with van der Waals surface area (Å²) in [6.07, 6.45) is 13.4. The molecule has 3 nitrogen and oxygen atoms in total. The number of para-hydroxylation sites is 1. The highest BCUT2D eigenvalue weighted by Gasteiger charge is 2.06.